The molecule has 2 N–H and O–H groups in total. The van der Waals surface area contributed by atoms with Crippen LogP contribution in [0.15, 0.2) is 22.7 Å². The predicted molar refractivity (Wildman–Crippen MR) is 63.4 cm³/mol. The Hall–Kier alpha value is 0.210. The summed E-state index contributed by atoms with van der Waals surface area (Å²) >= 11 is 3.08. The second-order valence-corrected chi connectivity index (χ2v) is 7.08. The highest BCUT2D eigenvalue weighted by Crippen LogP contribution is 2.63. The fourth-order valence-corrected chi connectivity index (χ4v) is 2.97. The third-order valence-corrected chi connectivity index (χ3v) is 4.99. The first-order valence-electron chi connectivity index (χ1n) is 3.96. The second-order valence-electron chi connectivity index (χ2n) is 3.20. The van der Waals surface area contributed by atoms with Crippen LogP contribution in [0.5, 0.6) is 0 Å². The summed E-state index contributed by atoms with van der Waals surface area (Å²) in [5.41, 5.74) is 0.795. The van der Waals surface area contributed by atoms with Crippen LogP contribution >= 0.6 is 32.8 Å². The second kappa shape index (κ2) is 4.23. The molecule has 0 aliphatic carbocycles. The Morgan fingerprint density at radius 3 is 2.47 bits per heavy atom. The molecule has 0 aliphatic rings. The molecule has 1 aromatic carbocycles. The normalized spacial score (nSPS) is 16.1. The molecule has 0 aromatic heterocycles. The van der Waals surface area contributed by atoms with Crippen molar-refractivity contribution in [2.45, 2.75) is 12.1 Å². The van der Waals surface area contributed by atoms with E-state index in [4.69, 9.17) is 9.79 Å². The molecule has 1 rings (SSSR count). The van der Waals surface area contributed by atoms with E-state index in [0.29, 0.717) is 4.47 Å². The Labute approximate surface area is 97.6 Å². The van der Waals surface area contributed by atoms with Gasteiger partial charge in [-0.3, -0.25) is 4.57 Å². The van der Waals surface area contributed by atoms with E-state index >= 15 is 0 Å². The largest absolute Gasteiger partial charge is 0.370 e. The van der Waals surface area contributed by atoms with Crippen LogP contribution in [-0.4, -0.2) is 9.79 Å². The molecule has 7 heteroatoms. The van der Waals surface area contributed by atoms with Crippen molar-refractivity contribution < 1.29 is 18.7 Å². The molecule has 2 unspecified atom stereocenters. The average molecular weight is 315 g/mol. The molecule has 0 saturated heterocycles. The van der Waals surface area contributed by atoms with Crippen molar-refractivity contribution in [1.82, 2.24) is 0 Å². The zero-order valence-corrected chi connectivity index (χ0v) is 11.5. The topological polar surface area (TPSA) is 57.5 Å². The van der Waals surface area contributed by atoms with Crippen molar-refractivity contribution >= 4 is 32.8 Å². The van der Waals surface area contributed by atoms with Crippen LogP contribution in [0, 0.1) is 6.92 Å². The third kappa shape index (κ3) is 2.66. The highest BCUT2D eigenvalue weighted by atomic mass is 79.9. The van der Waals surface area contributed by atoms with Crippen LogP contribution in [0.3, 0.4) is 0 Å². The number of halogens is 2. The lowest BCUT2D eigenvalue weighted by molar-refractivity contribution is 0.280. The number of rotatable bonds is 2. The van der Waals surface area contributed by atoms with Gasteiger partial charge in [-0.25, -0.2) is 4.39 Å². The molecule has 0 aliphatic heterocycles. The monoisotopic (exact) mass is 314 g/mol. The highest BCUT2D eigenvalue weighted by Gasteiger charge is 2.46. The van der Waals surface area contributed by atoms with E-state index < -0.39 is 12.7 Å². The number of hydrogen-bond acceptors (Lipinski definition) is 1. The lowest BCUT2D eigenvalue weighted by Crippen LogP contribution is -2.12. The van der Waals surface area contributed by atoms with E-state index in [1.165, 1.54) is 6.07 Å². The minimum atomic E-state index is -4.87. The molecule has 1 aromatic rings. The van der Waals surface area contributed by atoms with Crippen molar-refractivity contribution in [3.8, 4) is 0 Å². The standard InChI is InChI=1S/C8H10BrFO3P2/c1-5-2-3-6(7(9)4-5)8(10,14)15(11,12)13/h2-4H,14H2,1H3,(H2,11,12,13). The quantitative estimate of drug-likeness (QED) is 0.825. The fraction of sp³-hybridized carbons (Fsp3) is 0.250. The van der Waals surface area contributed by atoms with Crippen molar-refractivity contribution in [3.05, 3.63) is 33.8 Å². The molecule has 0 spiro atoms. The molecule has 0 saturated carbocycles. The van der Waals surface area contributed by atoms with E-state index in [1.807, 2.05) is 0 Å². The number of aryl methyl sites for hydroxylation is 1. The van der Waals surface area contributed by atoms with Crippen LogP contribution in [-0.2, 0) is 9.72 Å². The van der Waals surface area contributed by atoms with Crippen LogP contribution in [0.4, 0.5) is 4.39 Å². The lowest BCUT2D eigenvalue weighted by atomic mass is 10.2. The molecule has 84 valence electrons. The molecule has 0 amide bonds. The summed E-state index contributed by atoms with van der Waals surface area (Å²) in [7, 11) is -3.30. The highest BCUT2D eigenvalue weighted by molar-refractivity contribution is 9.10. The van der Waals surface area contributed by atoms with Crippen LogP contribution in [0.25, 0.3) is 0 Å². The van der Waals surface area contributed by atoms with Crippen LogP contribution in [0.2, 0.25) is 0 Å². The Balaban J connectivity index is 3.34. The van der Waals surface area contributed by atoms with Gasteiger partial charge in [-0.05, 0) is 18.6 Å². The van der Waals surface area contributed by atoms with Gasteiger partial charge in [0.1, 0.15) is 0 Å². The Morgan fingerprint density at radius 2 is 2.07 bits per heavy atom. The van der Waals surface area contributed by atoms with Gasteiger partial charge in [-0.2, -0.15) is 0 Å². The summed E-state index contributed by atoms with van der Waals surface area (Å²) in [4.78, 5) is 17.8. The van der Waals surface area contributed by atoms with E-state index in [1.54, 1.807) is 28.3 Å². The molecule has 2 atom stereocenters. The van der Waals surface area contributed by atoms with Gasteiger partial charge in [0.15, 0.2) is 0 Å². The molecule has 0 radical (unpaired) electrons. The summed E-state index contributed by atoms with van der Waals surface area (Å²) in [6.45, 7) is 1.80. The summed E-state index contributed by atoms with van der Waals surface area (Å²) in [5, 5.41) is -2.75. The van der Waals surface area contributed by atoms with Crippen molar-refractivity contribution in [2.75, 3.05) is 0 Å². The van der Waals surface area contributed by atoms with Gasteiger partial charge in [-0.15, -0.1) is 0 Å². The van der Waals surface area contributed by atoms with Crippen molar-refractivity contribution in [1.29, 1.82) is 0 Å². The molecular formula is C8H10BrFO3P2. The molecule has 0 heterocycles. The Morgan fingerprint density at radius 1 is 1.53 bits per heavy atom. The van der Waals surface area contributed by atoms with E-state index in [-0.39, 0.29) is 5.56 Å². The van der Waals surface area contributed by atoms with Gasteiger partial charge < -0.3 is 9.79 Å². The minimum absolute atomic E-state index is 0.0774. The molecule has 15 heavy (non-hydrogen) atoms. The van der Waals surface area contributed by atoms with Crippen LogP contribution in [0.1, 0.15) is 11.1 Å². The first-order chi connectivity index (χ1) is 6.66. The minimum Gasteiger partial charge on any atom is -0.322 e. The molecule has 0 bridgehead atoms. The SMILES string of the molecule is Cc1ccc(C(F)(P)P(=O)(O)O)c(Br)c1. The van der Waals surface area contributed by atoms with E-state index in [0.717, 1.165) is 5.56 Å². The van der Waals surface area contributed by atoms with Crippen molar-refractivity contribution in [2.24, 2.45) is 0 Å². The number of alkyl halides is 1. The zero-order valence-electron chi connectivity index (χ0n) is 7.82. The average Bonchev–Trinajstić information content (AvgIpc) is 2.00. The van der Waals surface area contributed by atoms with Gasteiger partial charge >= 0.3 is 7.60 Å². The van der Waals surface area contributed by atoms with Gasteiger partial charge in [-0.1, -0.05) is 37.3 Å². The van der Waals surface area contributed by atoms with Crippen LogP contribution < -0.4 is 0 Å². The maximum absolute atomic E-state index is 13.9. The van der Waals surface area contributed by atoms with Gasteiger partial charge in [0.05, 0.1) is 0 Å². The van der Waals surface area contributed by atoms with Crippen molar-refractivity contribution in [3.63, 3.8) is 0 Å². The third-order valence-electron chi connectivity index (χ3n) is 1.93. The Bertz CT molecular complexity index is 430. The molecule has 0 fully saturated rings. The summed E-state index contributed by atoms with van der Waals surface area (Å²) in [6, 6.07) is 4.54. The molecular weight excluding hydrogens is 305 g/mol. The number of hydrogen-bond donors (Lipinski definition) is 2. The zero-order chi connectivity index (χ0) is 11.9. The van der Waals surface area contributed by atoms with Gasteiger partial charge in [0.2, 0.25) is 5.15 Å². The predicted octanol–water partition coefficient (Wildman–Crippen LogP) is 2.89. The smallest absolute Gasteiger partial charge is 0.322 e. The number of benzene rings is 1. The first-order valence-corrected chi connectivity index (χ1v) is 6.94. The fourth-order valence-electron chi connectivity index (χ4n) is 1.06. The summed E-state index contributed by atoms with van der Waals surface area (Å²) in [6.07, 6.45) is 0. The van der Waals surface area contributed by atoms with Gasteiger partial charge in [0, 0.05) is 10.0 Å². The first kappa shape index (κ1) is 13.3. The maximum atomic E-state index is 13.9. The van der Waals surface area contributed by atoms with E-state index in [2.05, 4.69) is 15.9 Å². The lowest BCUT2D eigenvalue weighted by Gasteiger charge is -2.23. The summed E-state index contributed by atoms with van der Waals surface area (Å²) in [5.74, 6) is 0. The van der Waals surface area contributed by atoms with E-state index in [9.17, 15) is 8.96 Å². The summed E-state index contributed by atoms with van der Waals surface area (Å²) < 4.78 is 25.2. The Kier molecular flexibility index (Phi) is 3.74. The maximum Gasteiger partial charge on any atom is 0.370 e. The van der Waals surface area contributed by atoms with Gasteiger partial charge in [0.25, 0.3) is 0 Å². The molecule has 3 nitrogen and oxygen atoms in total.